The zero-order valence-corrected chi connectivity index (χ0v) is 12.9. The van der Waals surface area contributed by atoms with Gasteiger partial charge in [-0.1, -0.05) is 6.07 Å². The van der Waals surface area contributed by atoms with Gasteiger partial charge in [-0.05, 0) is 77.0 Å². The maximum Gasteiger partial charge on any atom is 0.115 e. The number of aryl methyl sites for hydroxylation is 2. The summed E-state index contributed by atoms with van der Waals surface area (Å²) < 4.78 is 0.886. The Morgan fingerprint density at radius 3 is 3.00 bits per heavy atom. The van der Waals surface area contributed by atoms with Crippen LogP contribution in [0.2, 0.25) is 0 Å². The number of phenols is 1. The number of hydrogen-bond acceptors (Lipinski definition) is 3. The molecule has 0 amide bonds. The number of nitrogens with one attached hydrogen (secondary N) is 1. The molecule has 3 nitrogen and oxygen atoms in total. The van der Waals surface area contributed by atoms with Crippen LogP contribution in [-0.2, 0) is 6.42 Å². The van der Waals surface area contributed by atoms with Crippen molar-refractivity contribution in [1.82, 2.24) is 4.98 Å². The Hall–Kier alpha value is -1.55. The molecule has 3 rings (SSSR count). The van der Waals surface area contributed by atoms with E-state index in [9.17, 15) is 5.11 Å². The van der Waals surface area contributed by atoms with Crippen LogP contribution in [0.15, 0.2) is 35.1 Å². The van der Waals surface area contributed by atoms with Gasteiger partial charge in [0.05, 0.1) is 17.9 Å². The van der Waals surface area contributed by atoms with Gasteiger partial charge in [0.2, 0.25) is 0 Å². The Balaban J connectivity index is 1.87. The number of fused-ring (bicyclic) bond motifs is 1. The second kappa shape index (κ2) is 5.44. The first-order chi connectivity index (χ1) is 9.63. The zero-order valence-electron chi connectivity index (χ0n) is 11.4. The van der Waals surface area contributed by atoms with E-state index in [1.54, 1.807) is 6.07 Å². The molecule has 0 aliphatic heterocycles. The minimum atomic E-state index is 0.293. The highest BCUT2D eigenvalue weighted by Gasteiger charge is 2.20. The van der Waals surface area contributed by atoms with Gasteiger partial charge in [-0.2, -0.15) is 0 Å². The first-order valence-electron chi connectivity index (χ1n) is 6.84. The fourth-order valence-electron chi connectivity index (χ4n) is 2.79. The lowest BCUT2D eigenvalue weighted by Crippen LogP contribution is -2.17. The van der Waals surface area contributed by atoms with Gasteiger partial charge >= 0.3 is 0 Å². The average molecular weight is 333 g/mol. The van der Waals surface area contributed by atoms with E-state index in [0.29, 0.717) is 11.8 Å². The van der Waals surface area contributed by atoms with Crippen LogP contribution in [0.25, 0.3) is 0 Å². The lowest BCUT2D eigenvalue weighted by Gasteiger charge is -2.27. The van der Waals surface area contributed by atoms with Crippen LogP contribution in [0.1, 0.15) is 35.6 Å². The van der Waals surface area contributed by atoms with Gasteiger partial charge in [-0.3, -0.25) is 0 Å². The second-order valence-electron chi connectivity index (χ2n) is 5.30. The summed E-state index contributed by atoms with van der Waals surface area (Å²) in [5.41, 5.74) is 4.69. The monoisotopic (exact) mass is 332 g/mol. The molecular formula is C16H17BrN2O. The molecule has 20 heavy (non-hydrogen) atoms. The molecule has 4 heteroatoms. The molecular weight excluding hydrogens is 316 g/mol. The molecule has 0 fully saturated rings. The summed E-state index contributed by atoms with van der Waals surface area (Å²) in [5.74, 6) is 0.352. The highest BCUT2D eigenvalue weighted by molar-refractivity contribution is 9.10. The minimum absolute atomic E-state index is 0.293. The van der Waals surface area contributed by atoms with Crippen LogP contribution in [0.4, 0.5) is 5.69 Å². The van der Waals surface area contributed by atoms with Crippen molar-refractivity contribution in [3.63, 3.8) is 0 Å². The van der Waals surface area contributed by atoms with Crippen molar-refractivity contribution < 1.29 is 5.11 Å². The number of benzene rings is 1. The van der Waals surface area contributed by atoms with Crippen LogP contribution < -0.4 is 5.32 Å². The maximum atomic E-state index is 9.60. The summed E-state index contributed by atoms with van der Waals surface area (Å²) in [4.78, 5) is 4.33. The molecule has 104 valence electrons. The Morgan fingerprint density at radius 2 is 2.20 bits per heavy atom. The van der Waals surface area contributed by atoms with E-state index < -0.39 is 0 Å². The molecule has 1 atom stereocenters. The van der Waals surface area contributed by atoms with Gasteiger partial charge in [-0.15, -0.1) is 0 Å². The zero-order chi connectivity index (χ0) is 14.1. The molecule has 1 aromatic carbocycles. The lowest BCUT2D eigenvalue weighted by atomic mass is 9.87. The fraction of sp³-hybridized carbons (Fsp3) is 0.312. The van der Waals surface area contributed by atoms with Crippen LogP contribution >= 0.6 is 15.9 Å². The Morgan fingerprint density at radius 1 is 1.35 bits per heavy atom. The maximum absolute atomic E-state index is 9.60. The van der Waals surface area contributed by atoms with Gasteiger partial charge in [0.15, 0.2) is 0 Å². The van der Waals surface area contributed by atoms with Crippen molar-refractivity contribution in [3.05, 3.63) is 51.8 Å². The topological polar surface area (TPSA) is 45.1 Å². The number of pyridine rings is 1. The molecule has 2 aromatic rings. The molecule has 0 radical (unpaired) electrons. The van der Waals surface area contributed by atoms with Crippen LogP contribution in [0.3, 0.4) is 0 Å². The van der Waals surface area contributed by atoms with Gasteiger partial charge in [-0.25, -0.2) is 4.98 Å². The smallest absolute Gasteiger partial charge is 0.115 e. The second-order valence-corrected chi connectivity index (χ2v) is 6.06. The van der Waals surface area contributed by atoms with E-state index in [0.717, 1.165) is 35.1 Å². The predicted molar refractivity (Wildman–Crippen MR) is 84.1 cm³/mol. The lowest BCUT2D eigenvalue weighted by molar-refractivity contribution is 0.472. The van der Waals surface area contributed by atoms with Gasteiger partial charge in [0.1, 0.15) is 10.4 Å². The van der Waals surface area contributed by atoms with E-state index >= 15 is 0 Å². The van der Waals surface area contributed by atoms with Crippen molar-refractivity contribution in [3.8, 4) is 5.75 Å². The molecule has 0 saturated carbocycles. The minimum Gasteiger partial charge on any atom is -0.508 e. The van der Waals surface area contributed by atoms with Gasteiger partial charge in [0, 0.05) is 0 Å². The van der Waals surface area contributed by atoms with Crippen molar-refractivity contribution in [2.75, 3.05) is 5.32 Å². The van der Waals surface area contributed by atoms with Crippen molar-refractivity contribution in [1.29, 1.82) is 0 Å². The third-order valence-electron chi connectivity index (χ3n) is 3.80. The van der Waals surface area contributed by atoms with Gasteiger partial charge in [0.25, 0.3) is 0 Å². The summed E-state index contributed by atoms with van der Waals surface area (Å²) in [6.45, 7) is 2.04. The number of nitrogens with zero attached hydrogens (tertiary/aromatic N) is 1. The number of phenolic OH excluding ortho intramolecular Hbond substituents is 1. The van der Waals surface area contributed by atoms with E-state index in [4.69, 9.17) is 0 Å². The standard InChI is InChI=1S/C16H17BrN2O/c1-10-7-12(9-18-16(10)17)19-15-4-2-3-11-8-13(20)5-6-14(11)15/h5-9,15,19-20H,2-4H2,1H3. The summed E-state index contributed by atoms with van der Waals surface area (Å²) in [7, 11) is 0. The van der Waals surface area contributed by atoms with Gasteiger partial charge < -0.3 is 10.4 Å². The first-order valence-corrected chi connectivity index (χ1v) is 7.63. The van der Waals surface area contributed by atoms with Crippen LogP contribution in [0, 0.1) is 6.92 Å². The molecule has 0 bridgehead atoms. The summed E-state index contributed by atoms with van der Waals surface area (Å²) in [6.07, 6.45) is 5.13. The van der Waals surface area contributed by atoms with E-state index in [1.165, 1.54) is 11.1 Å². The third kappa shape index (κ3) is 2.66. The molecule has 1 heterocycles. The van der Waals surface area contributed by atoms with Crippen LogP contribution in [0.5, 0.6) is 5.75 Å². The van der Waals surface area contributed by atoms with Crippen LogP contribution in [-0.4, -0.2) is 10.1 Å². The quantitative estimate of drug-likeness (QED) is 0.803. The average Bonchev–Trinajstić information content (AvgIpc) is 2.43. The molecule has 1 unspecified atom stereocenters. The van der Waals surface area contributed by atoms with Crippen molar-refractivity contribution >= 4 is 21.6 Å². The molecule has 1 aromatic heterocycles. The Labute approximate surface area is 127 Å². The number of rotatable bonds is 2. The van der Waals surface area contributed by atoms with E-state index in [1.807, 2.05) is 25.3 Å². The molecule has 0 spiro atoms. The molecule has 1 aliphatic rings. The highest BCUT2D eigenvalue weighted by atomic mass is 79.9. The van der Waals surface area contributed by atoms with Crippen molar-refractivity contribution in [2.45, 2.75) is 32.2 Å². The predicted octanol–water partition coefficient (Wildman–Crippen LogP) is 4.35. The summed E-state index contributed by atoms with van der Waals surface area (Å²) in [5, 5.41) is 13.2. The summed E-state index contributed by atoms with van der Waals surface area (Å²) >= 11 is 3.42. The van der Waals surface area contributed by atoms with E-state index in [-0.39, 0.29) is 0 Å². The summed E-state index contributed by atoms with van der Waals surface area (Å²) in [6, 6.07) is 8.08. The fourth-order valence-corrected chi connectivity index (χ4v) is 3.01. The number of aromatic nitrogens is 1. The number of halogens is 1. The molecule has 2 N–H and O–H groups in total. The first kappa shape index (κ1) is 13.4. The Kier molecular flexibility index (Phi) is 3.66. The Bertz CT molecular complexity index is 642. The van der Waals surface area contributed by atoms with E-state index in [2.05, 4.69) is 32.3 Å². The van der Waals surface area contributed by atoms with Crippen molar-refractivity contribution in [2.24, 2.45) is 0 Å². The number of anilines is 1. The SMILES string of the molecule is Cc1cc(NC2CCCc3cc(O)ccc32)cnc1Br. The number of aromatic hydroxyl groups is 1. The molecule has 1 aliphatic carbocycles. The third-order valence-corrected chi connectivity index (χ3v) is 4.63. The highest BCUT2D eigenvalue weighted by Crippen LogP contribution is 2.34. The molecule has 0 saturated heterocycles. The normalized spacial score (nSPS) is 17.6. The number of hydrogen-bond donors (Lipinski definition) is 2. The largest absolute Gasteiger partial charge is 0.508 e.